The van der Waals surface area contributed by atoms with E-state index in [9.17, 15) is 14.4 Å². The average Bonchev–Trinajstić information content (AvgIpc) is 2.87. The summed E-state index contributed by atoms with van der Waals surface area (Å²) in [6.45, 7) is 5.78. The van der Waals surface area contributed by atoms with Crippen molar-refractivity contribution in [3.8, 4) is 0 Å². The number of nitrogens with one attached hydrogen (secondary N) is 1. The van der Waals surface area contributed by atoms with Crippen LogP contribution in [0.4, 0.5) is 16.3 Å². The Balaban J connectivity index is 1.61. The molecule has 4 rings (SSSR count). The largest absolute Gasteiger partial charge is 0.384 e. The number of nitrogens with two attached hydrogens (primary N) is 1. The van der Waals surface area contributed by atoms with Crippen LogP contribution in [0.15, 0.2) is 60.9 Å². The maximum Gasteiger partial charge on any atom is 0.325 e. The van der Waals surface area contributed by atoms with Gasteiger partial charge in [-0.1, -0.05) is 36.8 Å². The fraction of sp³-hybridized carbons (Fsp3) is 0.321. The number of rotatable bonds is 7. The normalized spacial score (nSPS) is 17.6. The van der Waals surface area contributed by atoms with Crippen LogP contribution >= 0.6 is 0 Å². The van der Waals surface area contributed by atoms with Gasteiger partial charge in [0.05, 0.1) is 12.0 Å². The first-order chi connectivity index (χ1) is 17.7. The van der Waals surface area contributed by atoms with Crippen LogP contribution in [0.25, 0.3) is 0 Å². The Morgan fingerprint density at radius 1 is 1.11 bits per heavy atom. The van der Waals surface area contributed by atoms with Crippen molar-refractivity contribution in [1.29, 1.82) is 0 Å². The van der Waals surface area contributed by atoms with Crippen molar-refractivity contribution in [1.82, 2.24) is 20.2 Å². The molecule has 3 aromatic rings. The molecule has 4 amide bonds. The standard InChI is InChI=1S/C28H32N6O3/c1-5-23(20-8-6-7-17(2)13-20)32-28(37)34-25(27(36)33(4)21-10-12-30-18(3)14-21)22(26(34)35)15-19-9-11-31-24(29)16-19/h6-14,16,22-23,25H,5,15H2,1-4H3,(H2,29,31)(H,32,37)/t22-,23?,25+/m1/s1. The van der Waals surface area contributed by atoms with Crippen LogP contribution in [0.1, 0.15) is 41.8 Å². The van der Waals surface area contributed by atoms with E-state index in [0.29, 0.717) is 17.9 Å². The van der Waals surface area contributed by atoms with Gasteiger partial charge in [0.2, 0.25) is 5.91 Å². The Labute approximate surface area is 216 Å². The molecule has 1 unspecified atom stereocenters. The Morgan fingerprint density at radius 3 is 2.54 bits per heavy atom. The summed E-state index contributed by atoms with van der Waals surface area (Å²) < 4.78 is 0. The topological polar surface area (TPSA) is 122 Å². The highest BCUT2D eigenvalue weighted by Gasteiger charge is 2.55. The van der Waals surface area contributed by atoms with Gasteiger partial charge in [0.1, 0.15) is 11.9 Å². The van der Waals surface area contributed by atoms with Gasteiger partial charge >= 0.3 is 6.03 Å². The molecule has 9 heteroatoms. The lowest BCUT2D eigenvalue weighted by Gasteiger charge is -2.46. The predicted molar refractivity (Wildman–Crippen MR) is 142 cm³/mol. The van der Waals surface area contributed by atoms with Crippen LogP contribution in [0.3, 0.4) is 0 Å². The number of aryl methyl sites for hydroxylation is 2. The van der Waals surface area contributed by atoms with E-state index in [1.165, 1.54) is 4.90 Å². The number of likely N-dealkylation sites (N-methyl/N-ethyl adjacent to an activating group) is 1. The number of anilines is 2. The number of amides is 4. The zero-order chi connectivity index (χ0) is 26.7. The zero-order valence-electron chi connectivity index (χ0n) is 21.5. The van der Waals surface area contributed by atoms with E-state index < -0.39 is 23.9 Å². The summed E-state index contributed by atoms with van der Waals surface area (Å²) in [6, 6.07) is 13.0. The van der Waals surface area contributed by atoms with Crippen LogP contribution < -0.4 is 16.0 Å². The summed E-state index contributed by atoms with van der Waals surface area (Å²) >= 11 is 0. The molecule has 1 saturated heterocycles. The second-order valence-corrected chi connectivity index (χ2v) is 9.43. The molecular weight excluding hydrogens is 468 g/mol. The van der Waals surface area contributed by atoms with Gasteiger partial charge in [-0.05, 0) is 62.1 Å². The third-order valence-electron chi connectivity index (χ3n) is 6.74. The Hall–Kier alpha value is -4.27. The summed E-state index contributed by atoms with van der Waals surface area (Å²) in [5.74, 6) is -1.12. The lowest BCUT2D eigenvalue weighted by atomic mass is 9.81. The van der Waals surface area contributed by atoms with Crippen LogP contribution in [-0.2, 0) is 16.0 Å². The fourth-order valence-electron chi connectivity index (χ4n) is 4.72. The minimum absolute atomic E-state index is 0.268. The number of imide groups is 1. The van der Waals surface area contributed by atoms with Crippen LogP contribution in [0.5, 0.6) is 0 Å². The second-order valence-electron chi connectivity index (χ2n) is 9.43. The number of benzene rings is 1. The molecule has 0 radical (unpaired) electrons. The molecule has 9 nitrogen and oxygen atoms in total. The lowest BCUT2D eigenvalue weighted by Crippen LogP contribution is -2.70. The number of β-lactam (4-membered cyclic amide) rings is 1. The Kier molecular flexibility index (Phi) is 7.52. The molecule has 0 bridgehead atoms. The molecule has 1 aliphatic heterocycles. The SMILES string of the molecule is CCC(NC(=O)N1C(=O)[C@H](Cc2ccnc(N)c2)[C@H]1C(=O)N(C)c1ccnc(C)c1)c1cccc(C)c1. The fourth-order valence-corrected chi connectivity index (χ4v) is 4.72. The number of pyridine rings is 2. The van der Waals surface area contributed by atoms with E-state index in [1.807, 2.05) is 45.0 Å². The van der Waals surface area contributed by atoms with Crippen molar-refractivity contribution in [3.05, 3.63) is 83.3 Å². The smallest absolute Gasteiger partial charge is 0.325 e. The van der Waals surface area contributed by atoms with Gasteiger partial charge in [0.15, 0.2) is 0 Å². The van der Waals surface area contributed by atoms with E-state index in [-0.39, 0.29) is 18.4 Å². The molecule has 2 aromatic heterocycles. The van der Waals surface area contributed by atoms with Crippen molar-refractivity contribution in [2.75, 3.05) is 17.7 Å². The summed E-state index contributed by atoms with van der Waals surface area (Å²) in [4.78, 5) is 51.2. The Morgan fingerprint density at radius 2 is 1.86 bits per heavy atom. The number of hydrogen-bond donors (Lipinski definition) is 2. The van der Waals surface area contributed by atoms with Crippen LogP contribution in [0, 0.1) is 19.8 Å². The van der Waals surface area contributed by atoms with Gasteiger partial charge in [-0.25, -0.2) is 9.78 Å². The highest BCUT2D eigenvalue weighted by Crippen LogP contribution is 2.33. The monoisotopic (exact) mass is 500 g/mol. The molecular formula is C28H32N6O3. The van der Waals surface area contributed by atoms with Crippen molar-refractivity contribution < 1.29 is 14.4 Å². The molecule has 1 aromatic carbocycles. The molecule has 1 aliphatic rings. The molecule has 1 fully saturated rings. The highest BCUT2D eigenvalue weighted by atomic mass is 16.2. The number of urea groups is 1. The average molecular weight is 501 g/mol. The molecule has 0 saturated carbocycles. The van der Waals surface area contributed by atoms with E-state index in [1.54, 1.807) is 43.7 Å². The highest BCUT2D eigenvalue weighted by molar-refractivity contribution is 6.12. The number of hydrogen-bond acceptors (Lipinski definition) is 6. The van der Waals surface area contributed by atoms with E-state index >= 15 is 0 Å². The van der Waals surface area contributed by atoms with Crippen LogP contribution in [-0.4, -0.2) is 45.8 Å². The van der Waals surface area contributed by atoms with Gasteiger partial charge in [0.25, 0.3) is 5.91 Å². The van der Waals surface area contributed by atoms with Gasteiger partial charge in [-0.3, -0.25) is 19.5 Å². The predicted octanol–water partition coefficient (Wildman–Crippen LogP) is 3.57. The summed E-state index contributed by atoms with van der Waals surface area (Å²) in [6.07, 6.45) is 4.08. The number of aromatic nitrogens is 2. The lowest BCUT2D eigenvalue weighted by molar-refractivity contribution is -0.156. The number of nitrogen functional groups attached to an aromatic ring is 1. The number of nitrogens with zero attached hydrogens (tertiary/aromatic N) is 4. The first-order valence-corrected chi connectivity index (χ1v) is 12.3. The maximum absolute atomic E-state index is 13.7. The molecule has 37 heavy (non-hydrogen) atoms. The minimum Gasteiger partial charge on any atom is -0.384 e. The first-order valence-electron chi connectivity index (χ1n) is 12.3. The number of carbonyl (C=O) groups is 3. The second kappa shape index (κ2) is 10.8. The third kappa shape index (κ3) is 5.45. The van der Waals surface area contributed by atoms with E-state index in [0.717, 1.165) is 27.3 Å². The van der Waals surface area contributed by atoms with Crippen molar-refractivity contribution in [2.24, 2.45) is 5.92 Å². The Bertz CT molecular complexity index is 1330. The number of likely N-dealkylation sites (tertiary alicyclic amines) is 1. The van der Waals surface area contributed by atoms with Crippen molar-refractivity contribution in [3.63, 3.8) is 0 Å². The molecule has 3 N–H and O–H groups in total. The summed E-state index contributed by atoms with van der Waals surface area (Å²) in [5.41, 5.74) is 10.0. The van der Waals surface area contributed by atoms with Crippen molar-refractivity contribution in [2.45, 2.75) is 45.7 Å². The molecule has 3 heterocycles. The quantitative estimate of drug-likeness (QED) is 0.479. The molecule has 192 valence electrons. The maximum atomic E-state index is 13.7. The first kappa shape index (κ1) is 25.8. The van der Waals surface area contributed by atoms with Crippen LogP contribution in [0.2, 0.25) is 0 Å². The minimum atomic E-state index is -0.963. The zero-order valence-corrected chi connectivity index (χ0v) is 21.5. The number of carbonyl (C=O) groups excluding carboxylic acids is 3. The van der Waals surface area contributed by atoms with Gasteiger partial charge < -0.3 is 16.0 Å². The van der Waals surface area contributed by atoms with E-state index in [4.69, 9.17) is 5.73 Å². The summed E-state index contributed by atoms with van der Waals surface area (Å²) in [7, 11) is 1.64. The van der Waals surface area contributed by atoms with Crippen molar-refractivity contribution >= 4 is 29.4 Å². The molecule has 0 spiro atoms. The third-order valence-corrected chi connectivity index (χ3v) is 6.74. The van der Waals surface area contributed by atoms with E-state index in [2.05, 4.69) is 15.3 Å². The van der Waals surface area contributed by atoms with Gasteiger partial charge in [0, 0.05) is 30.8 Å². The molecule has 3 atom stereocenters. The van der Waals surface area contributed by atoms with Gasteiger partial charge in [-0.2, -0.15) is 0 Å². The molecule has 0 aliphatic carbocycles. The van der Waals surface area contributed by atoms with Gasteiger partial charge in [-0.15, -0.1) is 0 Å². The summed E-state index contributed by atoms with van der Waals surface area (Å²) in [5, 5.41) is 2.96.